The molecule has 0 unspecified atom stereocenters. The molecule has 1 amide bonds. The van der Waals surface area contributed by atoms with Crippen LogP contribution in [0.2, 0.25) is 5.02 Å². The van der Waals surface area contributed by atoms with Crippen molar-refractivity contribution in [3.05, 3.63) is 101 Å². The van der Waals surface area contributed by atoms with Gasteiger partial charge in [0.25, 0.3) is 5.91 Å². The first-order chi connectivity index (χ1) is 15.8. The predicted molar refractivity (Wildman–Crippen MR) is 129 cm³/mol. The summed E-state index contributed by atoms with van der Waals surface area (Å²) < 4.78 is 13.2. The maximum Gasteiger partial charge on any atom is 0.292 e. The monoisotopic (exact) mass is 463 g/mol. The first kappa shape index (κ1) is 22.7. The van der Waals surface area contributed by atoms with E-state index in [1.165, 1.54) is 5.56 Å². The third-order valence-corrected chi connectivity index (χ3v) is 5.38. The number of benzene rings is 2. The SMILES string of the molecule is CC(C)(C)c1ccc(OCc2ccc(C(=O)Nc3ccn(Cc4ccc(Cl)cc4)n3)o2)cc1. The Morgan fingerprint density at radius 2 is 1.76 bits per heavy atom. The first-order valence-corrected chi connectivity index (χ1v) is 11.1. The van der Waals surface area contributed by atoms with Crippen molar-refractivity contribution < 1.29 is 13.9 Å². The van der Waals surface area contributed by atoms with Crippen molar-refractivity contribution in [1.82, 2.24) is 9.78 Å². The Hall–Kier alpha value is -3.51. The molecule has 0 saturated heterocycles. The average molecular weight is 464 g/mol. The number of hydrogen-bond acceptors (Lipinski definition) is 4. The average Bonchev–Trinajstić information content (AvgIpc) is 3.43. The Labute approximate surface area is 198 Å². The van der Waals surface area contributed by atoms with Crippen molar-refractivity contribution in [1.29, 1.82) is 0 Å². The maximum absolute atomic E-state index is 12.5. The number of nitrogens with zero attached hydrogens (tertiary/aromatic N) is 2. The number of amides is 1. The number of carbonyl (C=O) groups is 1. The molecule has 2 aromatic carbocycles. The van der Waals surface area contributed by atoms with Gasteiger partial charge >= 0.3 is 0 Å². The zero-order chi connectivity index (χ0) is 23.4. The van der Waals surface area contributed by atoms with Gasteiger partial charge in [0.15, 0.2) is 11.6 Å². The molecule has 0 radical (unpaired) electrons. The summed E-state index contributed by atoms with van der Waals surface area (Å²) in [5, 5.41) is 7.83. The second-order valence-corrected chi connectivity index (χ2v) is 9.24. The van der Waals surface area contributed by atoms with Gasteiger partial charge < -0.3 is 14.5 Å². The van der Waals surface area contributed by atoms with Crippen LogP contribution in [0.25, 0.3) is 0 Å². The molecular weight excluding hydrogens is 438 g/mol. The predicted octanol–water partition coefficient (Wildman–Crippen LogP) is 6.31. The molecule has 0 bridgehead atoms. The van der Waals surface area contributed by atoms with Crippen LogP contribution in [0.1, 0.15) is 48.2 Å². The van der Waals surface area contributed by atoms with Gasteiger partial charge in [0.1, 0.15) is 18.1 Å². The van der Waals surface area contributed by atoms with Gasteiger partial charge in [0.2, 0.25) is 0 Å². The summed E-state index contributed by atoms with van der Waals surface area (Å²) in [6, 6.07) is 20.6. The Bertz CT molecular complexity index is 1220. The molecule has 0 atom stereocenters. The van der Waals surface area contributed by atoms with Gasteiger partial charge in [-0.3, -0.25) is 9.48 Å². The molecule has 6 nitrogen and oxygen atoms in total. The highest BCUT2D eigenvalue weighted by Crippen LogP contribution is 2.25. The van der Waals surface area contributed by atoms with Gasteiger partial charge in [-0.25, -0.2) is 0 Å². The Morgan fingerprint density at radius 1 is 1.03 bits per heavy atom. The lowest BCUT2D eigenvalue weighted by Crippen LogP contribution is -2.12. The van der Waals surface area contributed by atoms with Crippen LogP contribution >= 0.6 is 11.6 Å². The normalized spacial score (nSPS) is 11.4. The van der Waals surface area contributed by atoms with Crippen molar-refractivity contribution in [2.24, 2.45) is 0 Å². The molecule has 4 rings (SSSR count). The quantitative estimate of drug-likeness (QED) is 0.349. The molecule has 33 heavy (non-hydrogen) atoms. The number of nitrogens with one attached hydrogen (secondary N) is 1. The van der Waals surface area contributed by atoms with Crippen LogP contribution < -0.4 is 10.1 Å². The zero-order valence-corrected chi connectivity index (χ0v) is 19.6. The standard InChI is InChI=1S/C26H26ClN3O3/c1-26(2,3)19-6-10-21(11-7-19)32-17-22-12-13-23(33-22)25(31)28-24-14-15-30(29-24)16-18-4-8-20(27)9-5-18/h4-15H,16-17H2,1-3H3,(H,28,29,31). The summed E-state index contributed by atoms with van der Waals surface area (Å²) in [5.74, 6) is 1.59. The van der Waals surface area contributed by atoms with E-state index in [1.807, 2.05) is 36.4 Å². The summed E-state index contributed by atoms with van der Waals surface area (Å²) in [7, 11) is 0. The fourth-order valence-corrected chi connectivity index (χ4v) is 3.38. The summed E-state index contributed by atoms with van der Waals surface area (Å²) in [6.07, 6.45) is 1.80. The summed E-state index contributed by atoms with van der Waals surface area (Å²) in [4.78, 5) is 12.5. The van der Waals surface area contributed by atoms with E-state index in [0.717, 1.165) is 11.3 Å². The molecule has 2 aromatic heterocycles. The molecule has 7 heteroatoms. The van der Waals surface area contributed by atoms with Crippen LogP contribution in [0.15, 0.2) is 77.3 Å². The highest BCUT2D eigenvalue weighted by molar-refractivity contribution is 6.30. The van der Waals surface area contributed by atoms with Crippen LogP contribution in [0, 0.1) is 0 Å². The first-order valence-electron chi connectivity index (χ1n) is 10.7. The largest absolute Gasteiger partial charge is 0.486 e. The third kappa shape index (κ3) is 6.05. The minimum absolute atomic E-state index is 0.0908. The number of rotatable bonds is 7. The summed E-state index contributed by atoms with van der Waals surface area (Å²) in [6.45, 7) is 7.32. The lowest BCUT2D eigenvalue weighted by atomic mass is 9.87. The van der Waals surface area contributed by atoms with Gasteiger partial charge in [-0.2, -0.15) is 5.10 Å². The molecule has 0 spiro atoms. The van der Waals surface area contributed by atoms with Crippen LogP contribution in [0.5, 0.6) is 5.75 Å². The number of furan rings is 1. The lowest BCUT2D eigenvalue weighted by molar-refractivity contribution is 0.0992. The van der Waals surface area contributed by atoms with Crippen LogP contribution in [0.4, 0.5) is 5.82 Å². The number of aromatic nitrogens is 2. The Balaban J connectivity index is 1.31. The summed E-state index contributed by atoms with van der Waals surface area (Å²) >= 11 is 5.92. The van der Waals surface area contributed by atoms with Crippen molar-refractivity contribution in [3.63, 3.8) is 0 Å². The molecule has 0 aliphatic carbocycles. The van der Waals surface area contributed by atoms with Crippen molar-refractivity contribution >= 4 is 23.3 Å². The molecule has 0 aliphatic heterocycles. The number of carbonyl (C=O) groups excluding carboxylic acids is 1. The molecule has 0 fully saturated rings. The van der Waals surface area contributed by atoms with Crippen molar-refractivity contribution in [2.45, 2.75) is 39.3 Å². The van der Waals surface area contributed by atoms with Crippen molar-refractivity contribution in [2.75, 3.05) is 5.32 Å². The van der Waals surface area contributed by atoms with Gasteiger partial charge in [-0.1, -0.05) is 56.6 Å². The maximum atomic E-state index is 12.5. The Morgan fingerprint density at radius 3 is 2.45 bits per heavy atom. The van der Waals surface area contributed by atoms with Crippen LogP contribution in [-0.4, -0.2) is 15.7 Å². The van der Waals surface area contributed by atoms with E-state index >= 15 is 0 Å². The molecule has 0 aliphatic rings. The molecule has 0 saturated carbocycles. The van der Waals surface area contributed by atoms with E-state index in [1.54, 1.807) is 29.1 Å². The van der Waals surface area contributed by atoms with E-state index in [-0.39, 0.29) is 23.7 Å². The van der Waals surface area contributed by atoms with Crippen LogP contribution in [0.3, 0.4) is 0 Å². The lowest BCUT2D eigenvalue weighted by Gasteiger charge is -2.19. The minimum Gasteiger partial charge on any atom is -0.486 e. The molecule has 1 N–H and O–H groups in total. The van der Waals surface area contributed by atoms with E-state index in [2.05, 4.69) is 43.3 Å². The van der Waals surface area contributed by atoms with Gasteiger partial charge in [0.05, 0.1) is 6.54 Å². The van der Waals surface area contributed by atoms with E-state index < -0.39 is 0 Å². The van der Waals surface area contributed by atoms with E-state index in [4.69, 9.17) is 20.8 Å². The molecule has 4 aromatic rings. The van der Waals surface area contributed by atoms with E-state index in [9.17, 15) is 4.79 Å². The third-order valence-electron chi connectivity index (χ3n) is 5.13. The summed E-state index contributed by atoms with van der Waals surface area (Å²) in [5.41, 5.74) is 2.39. The van der Waals surface area contributed by atoms with E-state index in [0.29, 0.717) is 23.1 Å². The highest BCUT2D eigenvalue weighted by Gasteiger charge is 2.15. The molecule has 170 valence electrons. The zero-order valence-electron chi connectivity index (χ0n) is 18.8. The molecular formula is C26H26ClN3O3. The Kier molecular flexibility index (Phi) is 6.56. The van der Waals surface area contributed by atoms with Gasteiger partial charge in [-0.05, 0) is 52.9 Å². The topological polar surface area (TPSA) is 69.3 Å². The number of halogens is 1. The van der Waals surface area contributed by atoms with Crippen LogP contribution in [-0.2, 0) is 18.6 Å². The van der Waals surface area contributed by atoms with Gasteiger partial charge in [-0.15, -0.1) is 0 Å². The minimum atomic E-state index is -0.368. The number of hydrogen-bond donors (Lipinski definition) is 1. The second-order valence-electron chi connectivity index (χ2n) is 8.81. The van der Waals surface area contributed by atoms with Gasteiger partial charge in [0, 0.05) is 17.3 Å². The smallest absolute Gasteiger partial charge is 0.292 e. The number of anilines is 1. The number of ether oxygens (including phenoxy) is 1. The molecule has 2 heterocycles. The highest BCUT2D eigenvalue weighted by atomic mass is 35.5. The van der Waals surface area contributed by atoms with Crippen molar-refractivity contribution in [3.8, 4) is 5.75 Å². The fraction of sp³-hybridized carbons (Fsp3) is 0.231. The second kappa shape index (κ2) is 9.55. The fourth-order valence-electron chi connectivity index (χ4n) is 3.25.